The lowest BCUT2D eigenvalue weighted by molar-refractivity contribution is 0.00378. The van der Waals surface area contributed by atoms with Crippen LogP contribution in [0.15, 0.2) is 12.1 Å². The summed E-state index contributed by atoms with van der Waals surface area (Å²) in [6, 6.07) is 3.07. The van der Waals surface area contributed by atoms with Gasteiger partial charge in [0, 0.05) is 6.54 Å². The van der Waals surface area contributed by atoms with Crippen LogP contribution >= 0.6 is 0 Å². The number of alkyl halides is 2. The molecular weight excluding hydrogens is 240 g/mol. The molecule has 0 aliphatic carbocycles. The summed E-state index contributed by atoms with van der Waals surface area (Å²) in [7, 11) is 0. The van der Waals surface area contributed by atoms with E-state index in [0.717, 1.165) is 12.1 Å². The molecule has 0 aromatic heterocycles. The van der Waals surface area contributed by atoms with Gasteiger partial charge in [-0.1, -0.05) is 0 Å². The Bertz CT molecular complexity index is 421. The van der Waals surface area contributed by atoms with Crippen LogP contribution in [0.3, 0.4) is 0 Å². The van der Waals surface area contributed by atoms with Gasteiger partial charge in [-0.2, -0.15) is 5.26 Å². The first-order chi connectivity index (χ1) is 7.95. The van der Waals surface area contributed by atoms with E-state index in [4.69, 9.17) is 10.4 Å². The molecule has 3 nitrogen and oxygen atoms in total. The van der Waals surface area contributed by atoms with E-state index >= 15 is 0 Å². The Hall–Kier alpha value is -1.81. The normalized spacial score (nSPS) is 12.3. The van der Waals surface area contributed by atoms with Crippen LogP contribution in [0.4, 0.5) is 23.2 Å². The molecular formula is C10H8F4N2O. The van der Waals surface area contributed by atoms with Crippen LogP contribution in [-0.2, 0) is 0 Å². The van der Waals surface area contributed by atoms with Crippen LogP contribution in [-0.4, -0.2) is 24.2 Å². The second kappa shape index (κ2) is 5.50. The van der Waals surface area contributed by atoms with Crippen molar-refractivity contribution >= 4 is 5.69 Å². The fourth-order valence-corrected chi connectivity index (χ4v) is 1.10. The van der Waals surface area contributed by atoms with Crippen molar-refractivity contribution < 1.29 is 22.7 Å². The van der Waals surface area contributed by atoms with Crippen molar-refractivity contribution in [3.05, 3.63) is 29.3 Å². The van der Waals surface area contributed by atoms with Gasteiger partial charge in [0.2, 0.25) is 0 Å². The first kappa shape index (κ1) is 13.3. The zero-order chi connectivity index (χ0) is 13.0. The maximum Gasteiger partial charge on any atom is 0.265 e. The molecule has 0 saturated carbocycles. The fourth-order valence-electron chi connectivity index (χ4n) is 1.10. The zero-order valence-corrected chi connectivity index (χ0v) is 8.42. The van der Waals surface area contributed by atoms with Gasteiger partial charge in [-0.15, -0.1) is 0 Å². The fraction of sp³-hybridized carbons (Fsp3) is 0.300. The largest absolute Gasteiger partial charge is 0.385 e. The van der Waals surface area contributed by atoms with Gasteiger partial charge in [0.25, 0.3) is 6.43 Å². The highest BCUT2D eigenvalue weighted by Crippen LogP contribution is 2.20. The number of nitriles is 1. The minimum Gasteiger partial charge on any atom is -0.385 e. The zero-order valence-electron chi connectivity index (χ0n) is 8.42. The van der Waals surface area contributed by atoms with E-state index in [-0.39, 0.29) is 5.56 Å². The van der Waals surface area contributed by atoms with Gasteiger partial charge >= 0.3 is 0 Å². The predicted octanol–water partition coefficient (Wildman–Crippen LogP) is 1.87. The van der Waals surface area contributed by atoms with E-state index in [1.807, 2.05) is 5.32 Å². The Morgan fingerprint density at radius 3 is 2.24 bits per heavy atom. The van der Waals surface area contributed by atoms with Crippen molar-refractivity contribution in [2.75, 3.05) is 11.9 Å². The highest BCUT2D eigenvalue weighted by atomic mass is 19.3. The van der Waals surface area contributed by atoms with E-state index in [1.54, 1.807) is 6.07 Å². The molecule has 1 aromatic rings. The Morgan fingerprint density at radius 1 is 1.29 bits per heavy atom. The first-order valence-electron chi connectivity index (χ1n) is 4.55. The van der Waals surface area contributed by atoms with Crippen LogP contribution < -0.4 is 5.32 Å². The van der Waals surface area contributed by atoms with Crippen molar-refractivity contribution in [2.45, 2.75) is 12.5 Å². The minimum absolute atomic E-state index is 0.222. The SMILES string of the molecule is N#Cc1cc(F)c(NCC(O)C(F)F)c(F)c1. The predicted molar refractivity (Wildman–Crippen MR) is 51.6 cm³/mol. The molecule has 17 heavy (non-hydrogen) atoms. The summed E-state index contributed by atoms with van der Waals surface area (Å²) in [5.41, 5.74) is -0.872. The molecule has 0 saturated heterocycles. The van der Waals surface area contributed by atoms with Crippen LogP contribution in [0.25, 0.3) is 0 Å². The third kappa shape index (κ3) is 3.32. The van der Waals surface area contributed by atoms with E-state index in [1.165, 1.54) is 0 Å². The average molecular weight is 248 g/mol. The highest BCUT2D eigenvalue weighted by molar-refractivity contribution is 5.50. The lowest BCUT2D eigenvalue weighted by Crippen LogP contribution is -2.27. The summed E-state index contributed by atoms with van der Waals surface area (Å²) in [5, 5.41) is 19.2. The van der Waals surface area contributed by atoms with Gasteiger partial charge in [-0.3, -0.25) is 0 Å². The smallest absolute Gasteiger partial charge is 0.265 e. The molecule has 0 fully saturated rings. The summed E-state index contributed by atoms with van der Waals surface area (Å²) in [4.78, 5) is 0. The number of rotatable bonds is 4. The second-order valence-electron chi connectivity index (χ2n) is 3.21. The van der Waals surface area contributed by atoms with Gasteiger partial charge < -0.3 is 10.4 Å². The van der Waals surface area contributed by atoms with Crippen LogP contribution in [0.2, 0.25) is 0 Å². The monoisotopic (exact) mass is 248 g/mol. The van der Waals surface area contributed by atoms with Crippen molar-refractivity contribution in [3.63, 3.8) is 0 Å². The summed E-state index contributed by atoms with van der Waals surface area (Å²) in [6.07, 6.45) is -5.03. The van der Waals surface area contributed by atoms with Crippen molar-refractivity contribution in [3.8, 4) is 6.07 Å². The number of anilines is 1. The number of hydrogen-bond acceptors (Lipinski definition) is 3. The van der Waals surface area contributed by atoms with Gasteiger partial charge in [-0.25, -0.2) is 17.6 Å². The first-order valence-corrected chi connectivity index (χ1v) is 4.55. The molecule has 1 rings (SSSR count). The number of halogens is 4. The molecule has 1 atom stereocenters. The third-order valence-corrected chi connectivity index (χ3v) is 1.95. The van der Waals surface area contributed by atoms with Crippen molar-refractivity contribution in [2.24, 2.45) is 0 Å². The number of benzene rings is 1. The molecule has 0 aliphatic heterocycles. The van der Waals surface area contributed by atoms with E-state index in [2.05, 4.69) is 0 Å². The standard InChI is InChI=1S/C10H8F4N2O/c11-6-1-5(3-15)2-7(12)9(6)16-4-8(17)10(13)14/h1-2,8,10,16-17H,4H2. The molecule has 1 unspecified atom stereocenters. The average Bonchev–Trinajstić information content (AvgIpc) is 2.27. The number of nitrogens with one attached hydrogen (secondary N) is 1. The minimum atomic E-state index is -3.01. The number of hydrogen-bond donors (Lipinski definition) is 2. The topological polar surface area (TPSA) is 56.0 Å². The van der Waals surface area contributed by atoms with Gasteiger partial charge in [0.1, 0.15) is 11.8 Å². The summed E-state index contributed by atoms with van der Waals surface area (Å²) < 4.78 is 50.3. The Balaban J connectivity index is 2.82. The molecule has 0 aliphatic rings. The van der Waals surface area contributed by atoms with E-state index in [9.17, 15) is 17.6 Å². The third-order valence-electron chi connectivity index (χ3n) is 1.95. The molecule has 7 heteroatoms. The molecule has 0 bridgehead atoms. The summed E-state index contributed by atoms with van der Waals surface area (Å²) in [6.45, 7) is -0.697. The van der Waals surface area contributed by atoms with Gasteiger partial charge in [-0.05, 0) is 12.1 Å². The summed E-state index contributed by atoms with van der Waals surface area (Å²) in [5.74, 6) is -2.16. The molecule has 0 heterocycles. The molecule has 0 spiro atoms. The van der Waals surface area contributed by atoms with Crippen LogP contribution in [0.1, 0.15) is 5.56 Å². The van der Waals surface area contributed by atoms with E-state index in [0.29, 0.717) is 0 Å². The van der Waals surface area contributed by atoms with Crippen LogP contribution in [0.5, 0.6) is 0 Å². The van der Waals surface area contributed by atoms with Gasteiger partial charge in [0.15, 0.2) is 11.6 Å². The molecule has 2 N–H and O–H groups in total. The lowest BCUT2D eigenvalue weighted by atomic mass is 10.2. The van der Waals surface area contributed by atoms with E-state index < -0.39 is 36.4 Å². The van der Waals surface area contributed by atoms with Crippen molar-refractivity contribution in [1.82, 2.24) is 0 Å². The summed E-state index contributed by atoms with van der Waals surface area (Å²) >= 11 is 0. The van der Waals surface area contributed by atoms with Crippen LogP contribution in [0, 0.1) is 23.0 Å². The maximum atomic E-state index is 13.2. The number of aliphatic hydroxyl groups is 1. The second-order valence-corrected chi connectivity index (χ2v) is 3.21. The number of aliphatic hydroxyl groups excluding tert-OH is 1. The van der Waals surface area contributed by atoms with Gasteiger partial charge in [0.05, 0.1) is 11.6 Å². The highest BCUT2D eigenvalue weighted by Gasteiger charge is 2.18. The lowest BCUT2D eigenvalue weighted by Gasteiger charge is -2.13. The number of nitrogens with zero attached hydrogens (tertiary/aromatic N) is 1. The Labute approximate surface area is 94.3 Å². The molecule has 92 valence electrons. The molecule has 0 amide bonds. The molecule has 1 aromatic carbocycles. The maximum absolute atomic E-state index is 13.2. The Morgan fingerprint density at radius 2 is 1.82 bits per heavy atom. The quantitative estimate of drug-likeness (QED) is 0.800. The molecule has 0 radical (unpaired) electrons. The Kier molecular flexibility index (Phi) is 4.29. The van der Waals surface area contributed by atoms with Crippen molar-refractivity contribution in [1.29, 1.82) is 5.26 Å².